The third-order valence-electron chi connectivity index (χ3n) is 6.34. The maximum absolute atomic E-state index is 13.5. The molecule has 0 saturated carbocycles. The van der Waals surface area contributed by atoms with Gasteiger partial charge in [-0.2, -0.15) is 13.2 Å². The minimum atomic E-state index is -4.55. The topological polar surface area (TPSA) is 81.1 Å². The first kappa shape index (κ1) is 27.4. The zero-order valence-corrected chi connectivity index (χ0v) is 22.0. The molecule has 0 radical (unpaired) electrons. The van der Waals surface area contributed by atoms with Crippen LogP contribution in [0, 0.1) is 0 Å². The molecule has 0 atom stereocenters. The van der Waals surface area contributed by atoms with Crippen LogP contribution in [0.5, 0.6) is 0 Å². The van der Waals surface area contributed by atoms with E-state index in [-0.39, 0.29) is 41.1 Å². The summed E-state index contributed by atoms with van der Waals surface area (Å²) in [5, 5.41) is 3.58. The summed E-state index contributed by atoms with van der Waals surface area (Å²) < 4.78 is 66.4. The number of benzene rings is 2. The lowest BCUT2D eigenvalue weighted by atomic mass is 10.1. The fourth-order valence-electron chi connectivity index (χ4n) is 4.48. The molecule has 1 amide bonds. The highest BCUT2D eigenvalue weighted by molar-refractivity contribution is 7.91. The highest BCUT2D eigenvalue weighted by Crippen LogP contribution is 2.33. The number of aromatic nitrogens is 2. The van der Waals surface area contributed by atoms with Crippen LogP contribution < -0.4 is 5.32 Å². The summed E-state index contributed by atoms with van der Waals surface area (Å²) in [6, 6.07) is 16.3. The van der Waals surface area contributed by atoms with Gasteiger partial charge in [-0.05, 0) is 67.4 Å². The molecule has 0 unspecified atom stereocenters. The second kappa shape index (κ2) is 10.6. The number of alkyl halides is 3. The molecule has 4 aromatic rings. The van der Waals surface area contributed by atoms with Gasteiger partial charge < -0.3 is 9.88 Å². The van der Waals surface area contributed by atoms with Crippen LogP contribution in [0.25, 0.3) is 10.9 Å². The molecule has 0 aliphatic carbocycles. The molecule has 2 heterocycles. The first-order chi connectivity index (χ1) is 17.9. The predicted octanol–water partition coefficient (Wildman–Crippen LogP) is 5.95. The molecule has 0 spiro atoms. The minimum Gasteiger partial charge on any atom is -0.348 e. The Morgan fingerprint density at radius 1 is 1.05 bits per heavy atom. The number of fused-ring (bicyclic) bond motifs is 1. The zero-order valence-electron chi connectivity index (χ0n) is 21.2. The number of halogens is 3. The van der Waals surface area contributed by atoms with E-state index >= 15 is 0 Å². The van der Waals surface area contributed by atoms with E-state index in [2.05, 4.69) is 10.3 Å². The van der Waals surface area contributed by atoms with Crippen LogP contribution in [-0.4, -0.2) is 29.6 Å². The van der Waals surface area contributed by atoms with E-state index in [0.717, 1.165) is 22.7 Å². The molecule has 0 bridgehead atoms. The average Bonchev–Trinajstić information content (AvgIpc) is 3.24. The second-order valence-electron chi connectivity index (χ2n) is 9.29. The Bertz CT molecular complexity index is 1570. The van der Waals surface area contributed by atoms with Gasteiger partial charge in [0.05, 0.1) is 10.6 Å². The first-order valence-corrected chi connectivity index (χ1v) is 13.8. The van der Waals surface area contributed by atoms with Gasteiger partial charge in [0.2, 0.25) is 0 Å². The van der Waals surface area contributed by atoms with E-state index < -0.39 is 21.7 Å². The molecular weight excluding hydrogens is 515 g/mol. The summed E-state index contributed by atoms with van der Waals surface area (Å²) in [5.41, 5.74) is 1.85. The molecule has 4 rings (SSSR count). The van der Waals surface area contributed by atoms with Gasteiger partial charge in [-0.25, -0.2) is 8.42 Å². The van der Waals surface area contributed by atoms with Crippen LogP contribution >= 0.6 is 0 Å². The SMILES string of the molecule is CCS(=O)(=O)c1ccc(CNC(=O)c2ccc3c(c2)cc(Cc2cccnc2C(F)(F)F)n3C(C)C)cc1. The van der Waals surface area contributed by atoms with Crippen molar-refractivity contribution in [1.82, 2.24) is 14.9 Å². The van der Waals surface area contributed by atoms with Crippen molar-refractivity contribution in [3.05, 3.63) is 94.9 Å². The van der Waals surface area contributed by atoms with Crippen molar-refractivity contribution in [2.24, 2.45) is 0 Å². The molecule has 38 heavy (non-hydrogen) atoms. The number of carbonyl (C=O) groups excluding carboxylic acids is 1. The fraction of sp³-hybridized carbons (Fsp3) is 0.286. The van der Waals surface area contributed by atoms with Crippen LogP contribution in [0.15, 0.2) is 71.8 Å². The van der Waals surface area contributed by atoms with Gasteiger partial charge in [0.1, 0.15) is 5.69 Å². The molecule has 200 valence electrons. The van der Waals surface area contributed by atoms with Gasteiger partial charge >= 0.3 is 6.18 Å². The molecule has 2 aromatic heterocycles. The number of carbonyl (C=O) groups is 1. The van der Waals surface area contributed by atoms with Gasteiger partial charge in [0, 0.05) is 47.4 Å². The number of hydrogen-bond acceptors (Lipinski definition) is 4. The van der Waals surface area contributed by atoms with Gasteiger partial charge in [-0.3, -0.25) is 9.78 Å². The molecule has 1 N–H and O–H groups in total. The Balaban J connectivity index is 1.57. The lowest BCUT2D eigenvalue weighted by Gasteiger charge is -2.16. The van der Waals surface area contributed by atoms with Gasteiger partial charge in [-0.15, -0.1) is 0 Å². The van der Waals surface area contributed by atoms with Crippen molar-refractivity contribution in [2.75, 3.05) is 5.75 Å². The third-order valence-corrected chi connectivity index (χ3v) is 8.09. The zero-order chi connectivity index (χ0) is 27.7. The van der Waals surface area contributed by atoms with Gasteiger partial charge in [0.15, 0.2) is 9.84 Å². The summed E-state index contributed by atoms with van der Waals surface area (Å²) in [6.07, 6.45) is -3.38. The van der Waals surface area contributed by atoms with E-state index in [0.29, 0.717) is 11.3 Å². The molecule has 0 saturated heterocycles. The minimum absolute atomic E-state index is 0.0114. The van der Waals surface area contributed by atoms with E-state index in [1.165, 1.54) is 24.3 Å². The van der Waals surface area contributed by atoms with E-state index in [1.54, 1.807) is 37.3 Å². The maximum atomic E-state index is 13.5. The summed E-state index contributed by atoms with van der Waals surface area (Å²) >= 11 is 0. The van der Waals surface area contributed by atoms with E-state index in [1.807, 2.05) is 24.5 Å². The second-order valence-corrected chi connectivity index (χ2v) is 11.6. The summed E-state index contributed by atoms with van der Waals surface area (Å²) in [7, 11) is -3.30. The maximum Gasteiger partial charge on any atom is 0.433 e. The molecular formula is C28H28F3N3O3S. The Labute approximate surface area is 219 Å². The van der Waals surface area contributed by atoms with Crippen LogP contribution in [0.1, 0.15) is 59.7 Å². The first-order valence-electron chi connectivity index (χ1n) is 12.2. The summed E-state index contributed by atoms with van der Waals surface area (Å²) in [5.74, 6) is -0.306. The Kier molecular flexibility index (Phi) is 7.64. The quantitative estimate of drug-likeness (QED) is 0.298. The highest BCUT2D eigenvalue weighted by atomic mass is 32.2. The lowest BCUT2D eigenvalue weighted by Crippen LogP contribution is -2.22. The molecule has 6 nitrogen and oxygen atoms in total. The monoisotopic (exact) mass is 543 g/mol. The van der Waals surface area contributed by atoms with Crippen molar-refractivity contribution in [2.45, 2.75) is 50.9 Å². The molecule has 2 aromatic carbocycles. The summed E-state index contributed by atoms with van der Waals surface area (Å²) in [6.45, 7) is 5.70. The Morgan fingerprint density at radius 3 is 2.39 bits per heavy atom. The third kappa shape index (κ3) is 5.75. The van der Waals surface area contributed by atoms with Crippen molar-refractivity contribution in [3.8, 4) is 0 Å². The van der Waals surface area contributed by atoms with Gasteiger partial charge in [-0.1, -0.05) is 25.1 Å². The van der Waals surface area contributed by atoms with E-state index in [4.69, 9.17) is 0 Å². The molecule has 0 aliphatic rings. The van der Waals surface area contributed by atoms with Crippen LogP contribution in [-0.2, 0) is 29.0 Å². The van der Waals surface area contributed by atoms with Crippen molar-refractivity contribution in [3.63, 3.8) is 0 Å². The average molecular weight is 544 g/mol. The summed E-state index contributed by atoms with van der Waals surface area (Å²) in [4.78, 5) is 16.7. The standard InChI is InChI=1S/C28H28F3N3O3S/c1-4-38(36,37)24-10-7-19(8-11-24)17-33-27(35)21-9-12-25-22(14-21)16-23(34(25)18(2)3)15-20-6-5-13-32-26(20)28(29,30)31/h5-14,16,18H,4,15,17H2,1-3H3,(H,33,35). The number of hydrogen-bond donors (Lipinski definition) is 1. The smallest absolute Gasteiger partial charge is 0.348 e. The molecule has 0 fully saturated rings. The Morgan fingerprint density at radius 2 is 1.76 bits per heavy atom. The number of nitrogens with zero attached hydrogens (tertiary/aromatic N) is 2. The van der Waals surface area contributed by atoms with Crippen LogP contribution in [0.4, 0.5) is 13.2 Å². The van der Waals surface area contributed by atoms with Gasteiger partial charge in [0.25, 0.3) is 5.91 Å². The fourth-order valence-corrected chi connectivity index (χ4v) is 5.36. The van der Waals surface area contributed by atoms with Crippen LogP contribution in [0.3, 0.4) is 0 Å². The number of rotatable bonds is 8. The highest BCUT2D eigenvalue weighted by Gasteiger charge is 2.35. The number of pyridine rings is 1. The number of amides is 1. The predicted molar refractivity (Wildman–Crippen MR) is 140 cm³/mol. The van der Waals surface area contributed by atoms with Crippen molar-refractivity contribution >= 4 is 26.6 Å². The normalized spacial score (nSPS) is 12.3. The number of nitrogens with one attached hydrogen (secondary N) is 1. The number of sulfone groups is 1. The van der Waals surface area contributed by atoms with Crippen LogP contribution in [0.2, 0.25) is 0 Å². The Hall–Kier alpha value is -3.66. The lowest BCUT2D eigenvalue weighted by molar-refractivity contribution is -0.141. The van der Waals surface area contributed by atoms with E-state index in [9.17, 15) is 26.4 Å². The molecule has 0 aliphatic heterocycles. The van der Waals surface area contributed by atoms with Crippen molar-refractivity contribution in [1.29, 1.82) is 0 Å². The van der Waals surface area contributed by atoms with Crippen molar-refractivity contribution < 1.29 is 26.4 Å². The molecule has 10 heteroatoms. The largest absolute Gasteiger partial charge is 0.433 e.